The molecule has 1 aliphatic rings. The number of rotatable bonds is 2. The average molecular weight is 180 g/mol. The molecule has 2 atom stereocenters. The molecule has 4 nitrogen and oxygen atoms in total. The van der Waals surface area contributed by atoms with Crippen molar-refractivity contribution in [3.8, 4) is 0 Å². The van der Waals surface area contributed by atoms with E-state index in [2.05, 4.69) is 10.1 Å². The Morgan fingerprint density at radius 3 is 3.38 bits per heavy atom. The third-order valence-corrected chi connectivity index (χ3v) is 2.57. The maximum Gasteiger partial charge on any atom is 0.138 e. The summed E-state index contributed by atoms with van der Waals surface area (Å²) in [7, 11) is 0. The molecule has 72 valence electrons. The van der Waals surface area contributed by atoms with Gasteiger partial charge in [-0.3, -0.25) is 0 Å². The molecule has 1 aromatic rings. The molecule has 0 saturated heterocycles. The summed E-state index contributed by atoms with van der Waals surface area (Å²) in [4.78, 5) is 4.23. The van der Waals surface area contributed by atoms with Gasteiger partial charge in [0.05, 0.1) is 6.04 Å². The topological polar surface area (TPSA) is 56.7 Å². The van der Waals surface area contributed by atoms with E-state index in [1.807, 2.05) is 11.6 Å². The van der Waals surface area contributed by atoms with E-state index in [4.69, 9.17) is 5.73 Å². The monoisotopic (exact) mass is 180 g/mol. The van der Waals surface area contributed by atoms with Crippen LogP contribution in [-0.2, 0) is 6.42 Å². The molecule has 2 N–H and O–H groups in total. The van der Waals surface area contributed by atoms with Gasteiger partial charge in [0, 0.05) is 12.5 Å². The number of aromatic nitrogens is 3. The molecule has 0 aromatic carbocycles. The lowest BCUT2D eigenvalue weighted by Gasteiger charge is -2.24. The molecule has 2 heterocycles. The first-order valence-electron chi connectivity index (χ1n) is 4.91. The van der Waals surface area contributed by atoms with Crippen molar-refractivity contribution in [1.82, 2.24) is 14.8 Å². The van der Waals surface area contributed by atoms with Crippen molar-refractivity contribution in [2.24, 2.45) is 5.73 Å². The van der Waals surface area contributed by atoms with Crippen LogP contribution in [0.2, 0.25) is 0 Å². The molecule has 0 spiro atoms. The van der Waals surface area contributed by atoms with E-state index in [1.54, 1.807) is 6.33 Å². The summed E-state index contributed by atoms with van der Waals surface area (Å²) in [5, 5.41) is 4.24. The lowest BCUT2D eigenvalue weighted by Crippen LogP contribution is -2.26. The zero-order chi connectivity index (χ0) is 9.26. The van der Waals surface area contributed by atoms with Gasteiger partial charge >= 0.3 is 0 Å². The summed E-state index contributed by atoms with van der Waals surface area (Å²) < 4.78 is 2.05. The molecule has 2 rings (SSSR count). The van der Waals surface area contributed by atoms with Crippen LogP contribution in [0.5, 0.6) is 0 Å². The Morgan fingerprint density at radius 2 is 2.62 bits per heavy atom. The molecule has 4 heteroatoms. The van der Waals surface area contributed by atoms with E-state index >= 15 is 0 Å². The zero-order valence-electron chi connectivity index (χ0n) is 7.98. The molecule has 1 aliphatic heterocycles. The molecule has 13 heavy (non-hydrogen) atoms. The van der Waals surface area contributed by atoms with E-state index in [9.17, 15) is 0 Å². The third-order valence-electron chi connectivity index (χ3n) is 2.57. The van der Waals surface area contributed by atoms with Crippen molar-refractivity contribution >= 4 is 0 Å². The van der Waals surface area contributed by atoms with Crippen LogP contribution >= 0.6 is 0 Å². The average Bonchev–Trinajstić information content (AvgIpc) is 2.51. The summed E-state index contributed by atoms with van der Waals surface area (Å²) in [6.07, 6.45) is 6.13. The van der Waals surface area contributed by atoms with Crippen LogP contribution in [-0.4, -0.2) is 20.8 Å². The van der Waals surface area contributed by atoms with Gasteiger partial charge in [-0.05, 0) is 26.2 Å². The molecular weight excluding hydrogens is 164 g/mol. The van der Waals surface area contributed by atoms with Crippen LogP contribution in [0.3, 0.4) is 0 Å². The Hall–Kier alpha value is -0.900. The number of hydrogen-bond acceptors (Lipinski definition) is 3. The SMILES string of the molecule is CC(N)CC1CCCc2ncnn21. The molecule has 1 aromatic heterocycles. The predicted molar refractivity (Wildman–Crippen MR) is 50.3 cm³/mol. The maximum absolute atomic E-state index is 5.79. The fourth-order valence-electron chi connectivity index (χ4n) is 2.02. The van der Waals surface area contributed by atoms with E-state index in [1.165, 1.54) is 12.8 Å². The number of aryl methyl sites for hydroxylation is 1. The lowest BCUT2D eigenvalue weighted by atomic mass is 9.99. The quantitative estimate of drug-likeness (QED) is 0.735. The van der Waals surface area contributed by atoms with Gasteiger partial charge in [0.25, 0.3) is 0 Å². The van der Waals surface area contributed by atoms with Crippen LogP contribution < -0.4 is 5.73 Å². The first-order chi connectivity index (χ1) is 6.27. The fraction of sp³-hybridized carbons (Fsp3) is 0.778. The van der Waals surface area contributed by atoms with Gasteiger partial charge in [-0.15, -0.1) is 0 Å². The molecule has 0 amide bonds. The molecule has 0 saturated carbocycles. The molecule has 0 bridgehead atoms. The van der Waals surface area contributed by atoms with E-state index in [-0.39, 0.29) is 6.04 Å². The van der Waals surface area contributed by atoms with Crippen LogP contribution in [0.15, 0.2) is 6.33 Å². The summed E-state index contributed by atoms with van der Waals surface area (Å²) in [5.41, 5.74) is 5.79. The molecule has 2 unspecified atom stereocenters. The van der Waals surface area contributed by atoms with E-state index in [0.29, 0.717) is 6.04 Å². The normalized spacial score (nSPS) is 24.0. The first kappa shape index (κ1) is 8.69. The first-order valence-corrected chi connectivity index (χ1v) is 4.91. The van der Waals surface area contributed by atoms with Gasteiger partial charge in [-0.25, -0.2) is 9.67 Å². The Bertz CT molecular complexity index is 279. The molecule has 0 fully saturated rings. The minimum Gasteiger partial charge on any atom is -0.328 e. The second kappa shape index (κ2) is 3.46. The number of nitrogens with zero attached hydrogens (tertiary/aromatic N) is 3. The lowest BCUT2D eigenvalue weighted by molar-refractivity contribution is 0.327. The van der Waals surface area contributed by atoms with Crippen LogP contribution in [0.4, 0.5) is 0 Å². The highest BCUT2D eigenvalue weighted by atomic mass is 15.4. The van der Waals surface area contributed by atoms with Crippen molar-refractivity contribution in [2.75, 3.05) is 0 Å². The van der Waals surface area contributed by atoms with Crippen LogP contribution in [0.1, 0.15) is 38.1 Å². The van der Waals surface area contributed by atoms with E-state index in [0.717, 1.165) is 18.7 Å². The summed E-state index contributed by atoms with van der Waals surface area (Å²) in [5.74, 6) is 1.12. The minimum atomic E-state index is 0.250. The van der Waals surface area contributed by atoms with E-state index < -0.39 is 0 Å². The summed E-state index contributed by atoms with van der Waals surface area (Å²) >= 11 is 0. The molecule has 0 radical (unpaired) electrons. The Kier molecular flexibility index (Phi) is 2.31. The maximum atomic E-state index is 5.79. The largest absolute Gasteiger partial charge is 0.328 e. The highest BCUT2D eigenvalue weighted by molar-refractivity contribution is 4.92. The fourth-order valence-corrected chi connectivity index (χ4v) is 2.02. The summed E-state index contributed by atoms with van der Waals surface area (Å²) in [6, 6.07) is 0.728. The van der Waals surface area contributed by atoms with Gasteiger partial charge in [0.2, 0.25) is 0 Å². The van der Waals surface area contributed by atoms with Crippen molar-refractivity contribution in [3.05, 3.63) is 12.2 Å². The van der Waals surface area contributed by atoms with Gasteiger partial charge in [-0.1, -0.05) is 0 Å². The highest BCUT2D eigenvalue weighted by Gasteiger charge is 2.21. The third kappa shape index (κ3) is 1.72. The van der Waals surface area contributed by atoms with Gasteiger partial charge < -0.3 is 5.73 Å². The second-order valence-electron chi connectivity index (χ2n) is 3.88. The van der Waals surface area contributed by atoms with Gasteiger partial charge in [-0.2, -0.15) is 5.10 Å². The summed E-state index contributed by atoms with van der Waals surface area (Å²) in [6.45, 7) is 2.05. The second-order valence-corrected chi connectivity index (χ2v) is 3.88. The number of nitrogens with two attached hydrogens (primary N) is 1. The van der Waals surface area contributed by atoms with Crippen molar-refractivity contribution in [3.63, 3.8) is 0 Å². The Balaban J connectivity index is 2.15. The van der Waals surface area contributed by atoms with Crippen LogP contribution in [0, 0.1) is 0 Å². The number of hydrogen-bond donors (Lipinski definition) is 1. The van der Waals surface area contributed by atoms with Gasteiger partial charge in [0.1, 0.15) is 12.2 Å². The van der Waals surface area contributed by atoms with Crippen molar-refractivity contribution in [2.45, 2.75) is 44.7 Å². The van der Waals surface area contributed by atoms with Crippen molar-refractivity contribution < 1.29 is 0 Å². The predicted octanol–water partition coefficient (Wildman–Crippen LogP) is 0.893. The van der Waals surface area contributed by atoms with Crippen LogP contribution in [0.25, 0.3) is 0 Å². The van der Waals surface area contributed by atoms with Crippen molar-refractivity contribution in [1.29, 1.82) is 0 Å². The smallest absolute Gasteiger partial charge is 0.138 e. The minimum absolute atomic E-state index is 0.250. The molecular formula is C9H16N4. The number of fused-ring (bicyclic) bond motifs is 1. The highest BCUT2D eigenvalue weighted by Crippen LogP contribution is 2.25. The zero-order valence-corrected chi connectivity index (χ0v) is 7.98. The van der Waals surface area contributed by atoms with Gasteiger partial charge in [0.15, 0.2) is 0 Å². The Morgan fingerprint density at radius 1 is 1.77 bits per heavy atom. The molecule has 0 aliphatic carbocycles. The Labute approximate surface area is 78.1 Å². The standard InChI is InChI=1S/C9H16N4/c1-7(10)5-8-3-2-4-9-11-6-12-13(8)9/h6-8H,2-5,10H2,1H3.